The van der Waals surface area contributed by atoms with Gasteiger partial charge in [-0.1, -0.05) is 12.1 Å². The number of likely N-dealkylation sites (tertiary alicyclic amines) is 1. The van der Waals surface area contributed by atoms with Crippen molar-refractivity contribution >= 4 is 11.9 Å². The van der Waals surface area contributed by atoms with Crippen LogP contribution >= 0.6 is 0 Å². The fourth-order valence-corrected chi connectivity index (χ4v) is 5.40. The van der Waals surface area contributed by atoms with Crippen LogP contribution in [0.4, 0.5) is 8.78 Å². The number of hydrogen-bond acceptors (Lipinski definition) is 5. The molecule has 4 rings (SSSR count). The first-order valence-corrected chi connectivity index (χ1v) is 11.8. The molecule has 1 amide bonds. The van der Waals surface area contributed by atoms with Crippen molar-refractivity contribution in [2.45, 2.75) is 50.1 Å². The van der Waals surface area contributed by atoms with E-state index in [0.717, 1.165) is 12.1 Å². The summed E-state index contributed by atoms with van der Waals surface area (Å²) < 4.78 is 27.4. The molecule has 2 unspecified atom stereocenters. The maximum absolute atomic E-state index is 13.9. The van der Waals surface area contributed by atoms with E-state index in [9.17, 15) is 28.7 Å². The topological polar surface area (TPSA) is 97.5 Å². The number of aromatic nitrogens is 1. The molecular weight excluding hydrogens is 466 g/mol. The number of piperidine rings is 1. The lowest BCUT2D eigenvalue weighted by Crippen LogP contribution is -2.56. The van der Waals surface area contributed by atoms with Gasteiger partial charge in [-0.2, -0.15) is 5.26 Å². The average molecular weight is 494 g/mol. The van der Waals surface area contributed by atoms with Crippen molar-refractivity contribution in [3.8, 4) is 6.07 Å². The Morgan fingerprint density at radius 2 is 2.00 bits per heavy atom. The Bertz CT molecular complexity index is 1230. The number of carboxylic acid groups (broad SMARTS) is 1. The van der Waals surface area contributed by atoms with Crippen molar-refractivity contribution in [3.05, 3.63) is 83.7 Å². The van der Waals surface area contributed by atoms with E-state index < -0.39 is 35.1 Å². The number of pyridine rings is 1. The molecule has 1 fully saturated rings. The van der Waals surface area contributed by atoms with Gasteiger partial charge in [-0.25, -0.2) is 13.6 Å². The number of carboxylic acids is 1. The van der Waals surface area contributed by atoms with Crippen LogP contribution in [0, 0.1) is 29.9 Å². The van der Waals surface area contributed by atoms with Gasteiger partial charge in [-0.15, -0.1) is 0 Å². The maximum Gasteiger partial charge on any atom is 0.333 e. The van der Waals surface area contributed by atoms with Crippen molar-refractivity contribution in [2.24, 2.45) is 0 Å². The third-order valence-electron chi connectivity index (χ3n) is 7.32. The Kier molecular flexibility index (Phi) is 7.18. The van der Waals surface area contributed by atoms with Gasteiger partial charge in [-0.3, -0.25) is 19.6 Å². The molecule has 0 spiro atoms. The summed E-state index contributed by atoms with van der Waals surface area (Å²) in [6.07, 6.45) is 2.28. The van der Waals surface area contributed by atoms with Crippen LogP contribution in [0.1, 0.15) is 49.8 Å². The van der Waals surface area contributed by atoms with Gasteiger partial charge in [0.2, 0.25) is 5.91 Å². The number of aliphatic carboxylic acids is 1. The van der Waals surface area contributed by atoms with Crippen LogP contribution in [0.3, 0.4) is 0 Å². The quantitative estimate of drug-likeness (QED) is 0.650. The molecule has 2 atom stereocenters. The van der Waals surface area contributed by atoms with E-state index in [4.69, 9.17) is 0 Å². The van der Waals surface area contributed by atoms with Crippen LogP contribution in [0.25, 0.3) is 0 Å². The van der Waals surface area contributed by atoms with E-state index in [1.165, 1.54) is 11.0 Å². The van der Waals surface area contributed by atoms with Gasteiger partial charge in [0, 0.05) is 37.3 Å². The molecule has 1 aromatic heterocycles. The highest BCUT2D eigenvalue weighted by Gasteiger charge is 2.44. The van der Waals surface area contributed by atoms with Crippen LogP contribution in [-0.2, 0) is 15.0 Å². The molecule has 2 aliphatic heterocycles. The zero-order valence-electron chi connectivity index (χ0n) is 20.0. The third-order valence-corrected chi connectivity index (χ3v) is 7.32. The number of rotatable bonds is 6. The molecule has 1 aromatic carbocycles. The highest BCUT2D eigenvalue weighted by molar-refractivity contribution is 5.94. The lowest BCUT2D eigenvalue weighted by molar-refractivity contribution is -0.138. The molecule has 187 valence electrons. The molecule has 0 bridgehead atoms. The van der Waals surface area contributed by atoms with Gasteiger partial charge in [0.1, 0.15) is 5.41 Å². The summed E-state index contributed by atoms with van der Waals surface area (Å²) in [5.74, 6) is -4.57. The van der Waals surface area contributed by atoms with E-state index in [0.29, 0.717) is 38.0 Å². The summed E-state index contributed by atoms with van der Waals surface area (Å²) in [6, 6.07) is 11.1. The van der Waals surface area contributed by atoms with E-state index >= 15 is 0 Å². The van der Waals surface area contributed by atoms with Gasteiger partial charge >= 0.3 is 5.97 Å². The number of benzene rings is 1. The number of allylic oxidation sites excluding steroid dienone is 1. The second-order valence-electron chi connectivity index (χ2n) is 9.21. The first-order chi connectivity index (χ1) is 17.2. The van der Waals surface area contributed by atoms with Gasteiger partial charge in [-0.05, 0) is 62.9 Å². The molecule has 0 aliphatic carbocycles. The highest BCUT2D eigenvalue weighted by atomic mass is 19.2. The number of nitrogens with zero attached hydrogens (tertiary/aromatic N) is 4. The number of amides is 1. The number of nitriles is 1. The van der Waals surface area contributed by atoms with E-state index in [-0.39, 0.29) is 29.2 Å². The Morgan fingerprint density at radius 3 is 2.56 bits per heavy atom. The van der Waals surface area contributed by atoms with Gasteiger partial charge in [0.15, 0.2) is 11.6 Å². The van der Waals surface area contributed by atoms with Crippen LogP contribution in [0.5, 0.6) is 0 Å². The number of halogens is 2. The Labute approximate surface area is 208 Å². The lowest BCUT2D eigenvalue weighted by atomic mass is 9.76. The van der Waals surface area contributed by atoms with Gasteiger partial charge < -0.3 is 5.11 Å². The first-order valence-electron chi connectivity index (χ1n) is 11.8. The smallest absolute Gasteiger partial charge is 0.333 e. The van der Waals surface area contributed by atoms with Crippen molar-refractivity contribution < 1.29 is 23.5 Å². The Balaban J connectivity index is 1.63. The summed E-state index contributed by atoms with van der Waals surface area (Å²) >= 11 is 0. The Hall–Kier alpha value is -3.64. The summed E-state index contributed by atoms with van der Waals surface area (Å²) in [6.45, 7) is 6.57. The fourth-order valence-electron chi connectivity index (χ4n) is 5.40. The minimum atomic E-state index is -1.22. The molecule has 2 aromatic rings. The summed E-state index contributed by atoms with van der Waals surface area (Å²) in [7, 11) is 0. The number of hydrogen-bond donors (Lipinski definition) is 1. The van der Waals surface area contributed by atoms with Gasteiger partial charge in [0.25, 0.3) is 0 Å². The van der Waals surface area contributed by atoms with E-state index in [1.807, 2.05) is 17.0 Å². The predicted octanol–water partition coefficient (Wildman–Crippen LogP) is 4.14. The molecule has 2 aliphatic rings. The second-order valence-corrected chi connectivity index (χ2v) is 9.21. The highest BCUT2D eigenvalue weighted by Crippen LogP contribution is 2.40. The van der Waals surface area contributed by atoms with Gasteiger partial charge in [0.05, 0.1) is 23.5 Å². The van der Waals surface area contributed by atoms with Crippen LogP contribution in [0.2, 0.25) is 0 Å². The minimum Gasteiger partial charge on any atom is -0.478 e. The molecule has 1 saturated heterocycles. The maximum atomic E-state index is 13.9. The molecule has 3 heterocycles. The summed E-state index contributed by atoms with van der Waals surface area (Å²) in [5, 5.41) is 20.0. The van der Waals surface area contributed by atoms with Crippen molar-refractivity contribution in [1.82, 2.24) is 14.8 Å². The average Bonchev–Trinajstić information content (AvgIpc) is 2.88. The lowest BCUT2D eigenvalue weighted by Gasteiger charge is -2.46. The molecule has 0 saturated carbocycles. The van der Waals surface area contributed by atoms with E-state index in [1.54, 1.807) is 19.2 Å². The molecule has 7 nitrogen and oxygen atoms in total. The molecule has 9 heteroatoms. The largest absolute Gasteiger partial charge is 0.478 e. The SMILES string of the molecule is [CH2]CC(N1CCC(C#N)(c2ccccn2)CC1)N1C(=O)CC(c2ccc(F)c(F)c2)C(C(=O)O)=C1C. The molecule has 1 radical (unpaired) electrons. The molecule has 36 heavy (non-hydrogen) atoms. The number of carbonyl (C=O) groups is 2. The van der Waals surface area contributed by atoms with Crippen LogP contribution in [0.15, 0.2) is 53.9 Å². The van der Waals surface area contributed by atoms with Crippen LogP contribution in [-0.4, -0.2) is 51.0 Å². The molecular formula is C27H27F2N4O3. The third kappa shape index (κ3) is 4.49. The summed E-state index contributed by atoms with van der Waals surface area (Å²) in [5.41, 5.74) is 0.437. The first kappa shape index (κ1) is 25.5. The van der Waals surface area contributed by atoms with Crippen molar-refractivity contribution in [3.63, 3.8) is 0 Å². The minimum absolute atomic E-state index is 0.0316. The fraction of sp³-hybridized carbons (Fsp3) is 0.370. The standard InChI is InChI=1S/C27H27F2N4O3/c1-3-23(32-12-9-27(16-30,10-13-32)22-6-4-5-11-31-22)33-17(2)25(26(35)36)19(15-24(33)34)18-7-8-20(28)21(29)14-18/h4-8,11,14,19,23H,1,3,9-10,12-13,15H2,2H3,(H,35,36). The summed E-state index contributed by atoms with van der Waals surface area (Å²) in [4.78, 5) is 33.6. The zero-order valence-corrected chi connectivity index (χ0v) is 20.0. The monoisotopic (exact) mass is 493 g/mol. The normalized spacial score (nSPS) is 21.2. The zero-order chi connectivity index (χ0) is 26.0. The van der Waals surface area contributed by atoms with E-state index in [2.05, 4.69) is 18.0 Å². The van der Waals surface area contributed by atoms with Crippen molar-refractivity contribution in [1.29, 1.82) is 5.26 Å². The number of carbonyl (C=O) groups excluding carboxylic acids is 1. The Morgan fingerprint density at radius 1 is 1.28 bits per heavy atom. The second kappa shape index (κ2) is 10.2. The van der Waals surface area contributed by atoms with Crippen molar-refractivity contribution in [2.75, 3.05) is 13.1 Å². The molecule has 1 N–H and O–H groups in total. The predicted molar refractivity (Wildman–Crippen MR) is 127 cm³/mol. The van der Waals surface area contributed by atoms with Crippen LogP contribution < -0.4 is 0 Å².